The fraction of sp³-hybridized carbons (Fsp3) is 0.500. The van der Waals surface area contributed by atoms with E-state index in [0.717, 1.165) is 35.1 Å². The van der Waals surface area contributed by atoms with Crippen molar-refractivity contribution in [3.05, 3.63) is 29.5 Å². The minimum Gasteiger partial charge on any atom is -0.356 e. The molecule has 0 saturated heterocycles. The van der Waals surface area contributed by atoms with Crippen molar-refractivity contribution >= 4 is 16.9 Å². The lowest BCUT2D eigenvalue weighted by Gasteiger charge is -2.22. The van der Waals surface area contributed by atoms with Gasteiger partial charge >= 0.3 is 0 Å². The molecule has 0 spiro atoms. The lowest BCUT2D eigenvalue weighted by Crippen LogP contribution is -2.37. The molecule has 2 aromatic rings. The molecule has 1 heterocycles. The smallest absolute Gasteiger partial charge is 0.226 e. The third-order valence-corrected chi connectivity index (χ3v) is 4.00. The van der Waals surface area contributed by atoms with Crippen LogP contribution in [-0.2, 0) is 11.2 Å². The first-order valence-electron chi connectivity index (χ1n) is 7.36. The van der Waals surface area contributed by atoms with Crippen LogP contribution >= 0.6 is 0 Å². The minimum absolute atomic E-state index is 0.0496. The van der Waals surface area contributed by atoms with Gasteiger partial charge in [-0.2, -0.15) is 0 Å². The molecule has 0 unspecified atom stereocenters. The van der Waals surface area contributed by atoms with Gasteiger partial charge in [0.1, 0.15) is 5.69 Å². The van der Waals surface area contributed by atoms with Crippen LogP contribution in [0.4, 0.5) is 0 Å². The zero-order chi connectivity index (χ0) is 13.9. The van der Waals surface area contributed by atoms with Gasteiger partial charge < -0.3 is 9.84 Å². The van der Waals surface area contributed by atoms with E-state index >= 15 is 0 Å². The van der Waals surface area contributed by atoms with E-state index in [0.29, 0.717) is 12.5 Å². The topological polar surface area (TPSA) is 55.1 Å². The third kappa shape index (κ3) is 2.84. The van der Waals surface area contributed by atoms with Gasteiger partial charge in [-0.15, -0.1) is 0 Å². The molecule has 0 radical (unpaired) electrons. The summed E-state index contributed by atoms with van der Waals surface area (Å²) in [6.45, 7) is 2.03. The van der Waals surface area contributed by atoms with E-state index < -0.39 is 0 Å². The Hall–Kier alpha value is -1.84. The summed E-state index contributed by atoms with van der Waals surface area (Å²) in [5, 5.41) is 8.10. The van der Waals surface area contributed by atoms with E-state index in [9.17, 15) is 4.79 Å². The number of aryl methyl sites for hydroxylation is 1. The first-order chi connectivity index (χ1) is 9.72. The number of benzene rings is 1. The summed E-state index contributed by atoms with van der Waals surface area (Å²) in [5.74, 6) is 0.0496. The molecule has 1 aliphatic rings. The van der Waals surface area contributed by atoms with Crippen LogP contribution in [-0.4, -0.2) is 17.1 Å². The molecule has 0 atom stereocenters. The van der Waals surface area contributed by atoms with E-state index in [4.69, 9.17) is 4.52 Å². The Labute approximate surface area is 118 Å². The normalized spacial score (nSPS) is 16.4. The summed E-state index contributed by atoms with van der Waals surface area (Å²) < 4.78 is 5.26. The number of fused-ring (bicyclic) bond motifs is 1. The molecule has 1 aliphatic carbocycles. The monoisotopic (exact) mass is 272 g/mol. The maximum Gasteiger partial charge on any atom is 0.226 e. The number of carbonyl (C=O) groups excluding carboxylic acids is 1. The lowest BCUT2D eigenvalue weighted by molar-refractivity contribution is -0.121. The number of amides is 1. The zero-order valence-electron chi connectivity index (χ0n) is 11.8. The summed E-state index contributed by atoms with van der Waals surface area (Å²) in [5.41, 5.74) is 2.63. The van der Waals surface area contributed by atoms with Gasteiger partial charge in [0.2, 0.25) is 5.91 Å². The molecule has 0 aliphatic heterocycles. The maximum atomic E-state index is 12.1. The van der Waals surface area contributed by atoms with Crippen LogP contribution in [0.1, 0.15) is 43.4 Å². The van der Waals surface area contributed by atoms with Crippen molar-refractivity contribution in [2.75, 3.05) is 0 Å². The summed E-state index contributed by atoms with van der Waals surface area (Å²) in [4.78, 5) is 12.1. The minimum atomic E-state index is 0.0496. The highest BCUT2D eigenvalue weighted by molar-refractivity contribution is 5.86. The molecule has 4 nitrogen and oxygen atoms in total. The van der Waals surface area contributed by atoms with Crippen molar-refractivity contribution in [1.29, 1.82) is 0 Å². The van der Waals surface area contributed by atoms with Gasteiger partial charge in [0, 0.05) is 11.4 Å². The molecule has 1 saturated carbocycles. The van der Waals surface area contributed by atoms with Crippen molar-refractivity contribution in [3.63, 3.8) is 0 Å². The van der Waals surface area contributed by atoms with Crippen molar-refractivity contribution in [2.24, 2.45) is 0 Å². The predicted octanol–water partition coefficient (Wildman–Crippen LogP) is 3.13. The molecule has 4 heteroatoms. The second kappa shape index (κ2) is 5.65. The van der Waals surface area contributed by atoms with Crippen LogP contribution in [0.5, 0.6) is 0 Å². The van der Waals surface area contributed by atoms with Crippen molar-refractivity contribution < 1.29 is 9.32 Å². The summed E-state index contributed by atoms with van der Waals surface area (Å²) in [7, 11) is 0. The largest absolute Gasteiger partial charge is 0.356 e. The van der Waals surface area contributed by atoms with Gasteiger partial charge in [0.05, 0.1) is 6.42 Å². The van der Waals surface area contributed by atoms with Crippen molar-refractivity contribution in [1.82, 2.24) is 10.5 Å². The highest BCUT2D eigenvalue weighted by atomic mass is 16.5. The Morgan fingerprint density at radius 2 is 2.15 bits per heavy atom. The van der Waals surface area contributed by atoms with Crippen LogP contribution in [0.2, 0.25) is 0 Å². The lowest BCUT2D eigenvalue weighted by atomic mass is 9.95. The Bertz CT molecular complexity index is 612. The van der Waals surface area contributed by atoms with E-state index in [-0.39, 0.29) is 5.91 Å². The van der Waals surface area contributed by atoms with Crippen LogP contribution < -0.4 is 5.32 Å². The molecule has 3 rings (SSSR count). The van der Waals surface area contributed by atoms with Crippen molar-refractivity contribution in [3.8, 4) is 0 Å². The third-order valence-electron chi connectivity index (χ3n) is 4.00. The SMILES string of the molecule is Cc1ccc2onc(CC(=O)NC3CCCCC3)c2c1. The molecule has 1 N–H and O–H groups in total. The fourth-order valence-electron chi connectivity index (χ4n) is 2.91. The number of hydrogen-bond donors (Lipinski definition) is 1. The van der Waals surface area contributed by atoms with Crippen molar-refractivity contribution in [2.45, 2.75) is 51.5 Å². The van der Waals surface area contributed by atoms with Crippen LogP contribution in [0.3, 0.4) is 0 Å². The van der Waals surface area contributed by atoms with E-state index in [2.05, 4.69) is 10.5 Å². The number of nitrogens with one attached hydrogen (secondary N) is 1. The average molecular weight is 272 g/mol. The van der Waals surface area contributed by atoms with E-state index in [1.54, 1.807) is 0 Å². The number of hydrogen-bond acceptors (Lipinski definition) is 3. The first kappa shape index (κ1) is 13.2. The number of nitrogens with zero attached hydrogens (tertiary/aromatic N) is 1. The standard InChI is InChI=1S/C16H20N2O2/c1-11-7-8-15-13(9-11)14(18-20-15)10-16(19)17-12-5-3-2-4-6-12/h7-9,12H,2-6,10H2,1H3,(H,17,19). The summed E-state index contributed by atoms with van der Waals surface area (Å²) in [6.07, 6.45) is 6.23. The summed E-state index contributed by atoms with van der Waals surface area (Å²) >= 11 is 0. The van der Waals surface area contributed by atoms with Gasteiger partial charge in [-0.05, 0) is 31.9 Å². The quantitative estimate of drug-likeness (QED) is 0.934. The Kier molecular flexibility index (Phi) is 3.72. The molecule has 1 amide bonds. The van der Waals surface area contributed by atoms with Gasteiger partial charge in [-0.25, -0.2) is 0 Å². The zero-order valence-corrected chi connectivity index (χ0v) is 11.8. The Morgan fingerprint density at radius 1 is 1.35 bits per heavy atom. The van der Waals surface area contributed by atoms with Gasteiger partial charge in [0.25, 0.3) is 0 Å². The average Bonchev–Trinajstić information content (AvgIpc) is 2.82. The number of aromatic nitrogens is 1. The molecule has 1 aromatic heterocycles. The Balaban J connectivity index is 1.69. The Morgan fingerprint density at radius 3 is 2.95 bits per heavy atom. The van der Waals surface area contributed by atoms with Crippen LogP contribution in [0, 0.1) is 6.92 Å². The van der Waals surface area contributed by atoms with Crippen LogP contribution in [0.15, 0.2) is 22.7 Å². The van der Waals surface area contributed by atoms with Gasteiger partial charge in [-0.1, -0.05) is 36.0 Å². The van der Waals surface area contributed by atoms with E-state index in [1.165, 1.54) is 19.3 Å². The molecule has 0 bridgehead atoms. The van der Waals surface area contributed by atoms with Gasteiger partial charge in [-0.3, -0.25) is 4.79 Å². The number of carbonyl (C=O) groups is 1. The molecule has 1 fully saturated rings. The summed E-state index contributed by atoms with van der Waals surface area (Å²) in [6, 6.07) is 6.26. The van der Waals surface area contributed by atoms with E-state index in [1.807, 2.05) is 25.1 Å². The molecular formula is C16H20N2O2. The maximum absolute atomic E-state index is 12.1. The second-order valence-electron chi connectivity index (χ2n) is 5.71. The highest BCUT2D eigenvalue weighted by Crippen LogP contribution is 2.21. The molecule has 20 heavy (non-hydrogen) atoms. The predicted molar refractivity (Wildman–Crippen MR) is 77.5 cm³/mol. The molecule has 106 valence electrons. The molecule has 1 aromatic carbocycles. The fourth-order valence-corrected chi connectivity index (χ4v) is 2.91. The first-order valence-corrected chi connectivity index (χ1v) is 7.36. The number of rotatable bonds is 3. The second-order valence-corrected chi connectivity index (χ2v) is 5.71. The highest BCUT2D eigenvalue weighted by Gasteiger charge is 2.18. The van der Waals surface area contributed by atoms with Gasteiger partial charge in [0.15, 0.2) is 5.58 Å². The van der Waals surface area contributed by atoms with Crippen LogP contribution in [0.25, 0.3) is 11.0 Å². The molecular weight excluding hydrogens is 252 g/mol.